The molecule has 0 bridgehead atoms. The second-order valence-corrected chi connectivity index (χ2v) is 5.96. The fourth-order valence-electron chi connectivity index (χ4n) is 2.69. The highest BCUT2D eigenvalue weighted by molar-refractivity contribution is 5.84. The highest BCUT2D eigenvalue weighted by Crippen LogP contribution is 2.23. The molecule has 5 nitrogen and oxygen atoms in total. The van der Waals surface area contributed by atoms with Gasteiger partial charge >= 0.3 is 6.09 Å². The van der Waals surface area contributed by atoms with E-state index in [2.05, 4.69) is 46.2 Å². The smallest absolute Gasteiger partial charge is 0.411 e. The molecule has 0 aliphatic rings. The van der Waals surface area contributed by atoms with Gasteiger partial charge in [-0.15, -0.1) is 0 Å². The topological polar surface area (TPSA) is 67.0 Å². The van der Waals surface area contributed by atoms with Crippen LogP contribution in [0.3, 0.4) is 0 Å². The molecule has 0 spiro atoms. The van der Waals surface area contributed by atoms with E-state index in [4.69, 9.17) is 4.98 Å². The molecule has 1 heterocycles. The summed E-state index contributed by atoms with van der Waals surface area (Å²) in [5.74, 6) is 1.27. The molecule has 0 unspecified atom stereocenters. The molecule has 0 saturated carbocycles. The van der Waals surface area contributed by atoms with Crippen LogP contribution in [0.2, 0.25) is 0 Å². The number of methoxy groups -OCH3 is 1. The maximum atomic E-state index is 11.2. The number of anilines is 1. The fraction of sp³-hybridized carbons (Fsp3) is 0.200. The minimum Gasteiger partial charge on any atom is -0.453 e. The van der Waals surface area contributed by atoms with E-state index in [9.17, 15) is 4.79 Å². The predicted octanol–water partition coefficient (Wildman–Crippen LogP) is 4.60. The van der Waals surface area contributed by atoms with Crippen molar-refractivity contribution >= 4 is 11.8 Å². The van der Waals surface area contributed by atoms with Gasteiger partial charge in [0.05, 0.1) is 12.8 Å². The molecule has 5 heteroatoms. The number of aromatic nitrogens is 2. The lowest BCUT2D eigenvalue weighted by atomic mass is 10.0. The van der Waals surface area contributed by atoms with Crippen LogP contribution in [0, 0.1) is 0 Å². The predicted molar refractivity (Wildman–Crippen MR) is 98.6 cm³/mol. The third kappa shape index (κ3) is 4.26. The molecule has 3 aromatic rings. The van der Waals surface area contributed by atoms with Crippen LogP contribution in [0.15, 0.2) is 60.8 Å². The number of imidazole rings is 1. The highest BCUT2D eigenvalue weighted by atomic mass is 16.5. The molecular weight excluding hydrogens is 314 g/mol. The van der Waals surface area contributed by atoms with Gasteiger partial charge in [0.25, 0.3) is 0 Å². The van der Waals surface area contributed by atoms with E-state index in [-0.39, 0.29) is 0 Å². The van der Waals surface area contributed by atoms with E-state index in [1.807, 2.05) is 36.5 Å². The van der Waals surface area contributed by atoms with Gasteiger partial charge in [-0.05, 0) is 24.1 Å². The van der Waals surface area contributed by atoms with Crippen LogP contribution in [-0.2, 0) is 11.2 Å². The molecule has 128 valence electrons. The zero-order valence-corrected chi connectivity index (χ0v) is 14.3. The van der Waals surface area contributed by atoms with Crippen LogP contribution < -0.4 is 5.32 Å². The zero-order chi connectivity index (χ0) is 17.6. The zero-order valence-electron chi connectivity index (χ0n) is 14.3. The molecule has 1 aromatic heterocycles. The monoisotopic (exact) mass is 335 g/mol. The van der Waals surface area contributed by atoms with Crippen molar-refractivity contribution in [2.75, 3.05) is 12.4 Å². The van der Waals surface area contributed by atoms with E-state index >= 15 is 0 Å². The van der Waals surface area contributed by atoms with E-state index in [0.29, 0.717) is 11.6 Å². The summed E-state index contributed by atoms with van der Waals surface area (Å²) < 4.78 is 4.58. The molecular formula is C20H21N3O2. The van der Waals surface area contributed by atoms with Gasteiger partial charge in [0.15, 0.2) is 0 Å². The Hall–Kier alpha value is -3.08. The van der Waals surface area contributed by atoms with Crippen molar-refractivity contribution in [2.24, 2.45) is 0 Å². The van der Waals surface area contributed by atoms with Crippen molar-refractivity contribution in [3.05, 3.63) is 72.2 Å². The summed E-state index contributed by atoms with van der Waals surface area (Å²) in [6.45, 7) is 2.17. The van der Waals surface area contributed by atoms with Crippen LogP contribution >= 0.6 is 0 Å². The summed E-state index contributed by atoms with van der Waals surface area (Å²) in [5.41, 5.74) is 3.86. The maximum absolute atomic E-state index is 11.2. The first-order valence-corrected chi connectivity index (χ1v) is 8.20. The molecule has 3 rings (SSSR count). The van der Waals surface area contributed by atoms with E-state index in [1.54, 1.807) is 0 Å². The molecule has 1 atom stereocenters. The summed E-state index contributed by atoms with van der Waals surface area (Å²) >= 11 is 0. The Labute approximate surface area is 147 Å². The van der Waals surface area contributed by atoms with Crippen LogP contribution in [0.5, 0.6) is 0 Å². The van der Waals surface area contributed by atoms with E-state index in [0.717, 1.165) is 23.5 Å². The largest absolute Gasteiger partial charge is 0.453 e. The van der Waals surface area contributed by atoms with Gasteiger partial charge in [-0.25, -0.2) is 9.78 Å². The average Bonchev–Trinajstić information content (AvgIpc) is 3.13. The Morgan fingerprint density at radius 3 is 2.56 bits per heavy atom. The average molecular weight is 335 g/mol. The molecule has 0 aliphatic carbocycles. The number of aromatic amines is 1. The Morgan fingerprint density at radius 2 is 1.88 bits per heavy atom. The number of rotatable bonds is 5. The number of nitrogens with one attached hydrogen (secondary N) is 2. The number of benzene rings is 2. The van der Waals surface area contributed by atoms with Gasteiger partial charge in [0.2, 0.25) is 0 Å². The lowest BCUT2D eigenvalue weighted by molar-refractivity contribution is 0.187. The molecule has 0 aliphatic heterocycles. The fourth-order valence-corrected chi connectivity index (χ4v) is 2.69. The van der Waals surface area contributed by atoms with Gasteiger partial charge in [-0.3, -0.25) is 5.32 Å². The second-order valence-electron chi connectivity index (χ2n) is 5.96. The number of ether oxygens (including phenoxy) is 1. The summed E-state index contributed by atoms with van der Waals surface area (Å²) in [5, 5.41) is 2.63. The molecule has 2 aromatic carbocycles. The number of nitrogens with zero attached hydrogens (tertiary/aromatic N) is 1. The van der Waals surface area contributed by atoms with Crippen molar-refractivity contribution < 1.29 is 9.53 Å². The Kier molecular flexibility index (Phi) is 5.14. The Balaban J connectivity index is 1.69. The Morgan fingerprint density at radius 1 is 1.16 bits per heavy atom. The van der Waals surface area contributed by atoms with Gasteiger partial charge < -0.3 is 9.72 Å². The van der Waals surface area contributed by atoms with Crippen molar-refractivity contribution in [3.63, 3.8) is 0 Å². The molecule has 25 heavy (non-hydrogen) atoms. The number of carbonyl (C=O) groups excluding carboxylic acids is 1. The van der Waals surface area contributed by atoms with Crippen molar-refractivity contribution in [1.29, 1.82) is 0 Å². The highest BCUT2D eigenvalue weighted by Gasteiger charge is 2.12. The number of hydrogen-bond donors (Lipinski definition) is 2. The van der Waals surface area contributed by atoms with Crippen LogP contribution in [0.25, 0.3) is 11.3 Å². The summed E-state index contributed by atoms with van der Waals surface area (Å²) in [6, 6.07) is 17.9. The van der Waals surface area contributed by atoms with Gasteiger partial charge in [0.1, 0.15) is 5.82 Å². The first-order valence-electron chi connectivity index (χ1n) is 8.20. The summed E-state index contributed by atoms with van der Waals surface area (Å²) in [6.07, 6.45) is 2.37. The second kappa shape index (κ2) is 7.66. The van der Waals surface area contributed by atoms with Gasteiger partial charge in [-0.2, -0.15) is 0 Å². The third-order valence-electron chi connectivity index (χ3n) is 4.06. The normalized spacial score (nSPS) is 11.8. The number of carbonyl (C=O) groups is 1. The lowest BCUT2D eigenvalue weighted by Crippen LogP contribution is -2.10. The van der Waals surface area contributed by atoms with Crippen LogP contribution in [0.1, 0.15) is 24.2 Å². The van der Waals surface area contributed by atoms with Crippen LogP contribution in [-0.4, -0.2) is 23.2 Å². The summed E-state index contributed by atoms with van der Waals surface area (Å²) in [4.78, 5) is 19.2. The maximum Gasteiger partial charge on any atom is 0.411 e. The standard InChI is InChI=1S/C20H21N3O2/c1-14(12-15-6-4-3-5-7-15)19-21-13-18(23-19)16-8-10-17(11-9-16)22-20(24)25-2/h3-11,13-14H,12H2,1-2H3,(H,21,23)(H,22,24)/t14-/m0/s1. The van der Waals surface area contributed by atoms with Gasteiger partial charge in [0, 0.05) is 23.4 Å². The first-order chi connectivity index (χ1) is 12.2. The minimum atomic E-state index is -0.482. The lowest BCUT2D eigenvalue weighted by Gasteiger charge is -2.08. The SMILES string of the molecule is COC(=O)Nc1ccc(-c2c[nH]c([C@@H](C)Cc3ccccc3)n2)cc1. The van der Waals surface area contributed by atoms with Crippen molar-refractivity contribution in [2.45, 2.75) is 19.3 Å². The van der Waals surface area contributed by atoms with Crippen LogP contribution in [0.4, 0.5) is 10.5 Å². The van der Waals surface area contributed by atoms with E-state index < -0.39 is 6.09 Å². The summed E-state index contributed by atoms with van der Waals surface area (Å²) in [7, 11) is 1.34. The minimum absolute atomic E-state index is 0.302. The molecule has 2 N–H and O–H groups in total. The van der Waals surface area contributed by atoms with Crippen molar-refractivity contribution in [3.8, 4) is 11.3 Å². The van der Waals surface area contributed by atoms with Gasteiger partial charge in [-0.1, -0.05) is 49.4 Å². The van der Waals surface area contributed by atoms with Crippen molar-refractivity contribution in [1.82, 2.24) is 9.97 Å². The molecule has 0 saturated heterocycles. The molecule has 1 amide bonds. The third-order valence-corrected chi connectivity index (χ3v) is 4.06. The molecule has 0 fully saturated rings. The quantitative estimate of drug-likeness (QED) is 0.716. The molecule has 0 radical (unpaired) electrons. The number of H-pyrrole nitrogens is 1. The number of amides is 1. The number of hydrogen-bond acceptors (Lipinski definition) is 3. The Bertz CT molecular complexity index is 826. The first kappa shape index (κ1) is 16.8. The van der Waals surface area contributed by atoms with E-state index in [1.165, 1.54) is 12.7 Å².